The summed E-state index contributed by atoms with van der Waals surface area (Å²) in [5.74, 6) is 1.75. The smallest absolute Gasteiger partial charge is 0.306 e. The average molecular weight is 691 g/mol. The van der Waals surface area contributed by atoms with Crippen LogP contribution >= 0.6 is 0 Å². The predicted molar refractivity (Wildman–Crippen MR) is 207 cm³/mol. The molecule has 0 aliphatic carbocycles. The van der Waals surface area contributed by atoms with Crippen molar-refractivity contribution in [1.82, 2.24) is 0 Å². The van der Waals surface area contributed by atoms with Crippen LogP contribution < -0.4 is 9.47 Å². The van der Waals surface area contributed by atoms with E-state index < -0.39 is 11.2 Å². The first-order chi connectivity index (χ1) is 23.9. The minimum Gasteiger partial charge on any atom is -0.492 e. The van der Waals surface area contributed by atoms with Gasteiger partial charge in [0.1, 0.15) is 22.7 Å². The number of ether oxygens (including phenoxy) is 4. The Hall–Kier alpha value is -3.28. The Kier molecular flexibility index (Phi) is 18.0. The summed E-state index contributed by atoms with van der Waals surface area (Å²) in [6.07, 6.45) is 19.1. The van der Waals surface area contributed by atoms with Crippen molar-refractivity contribution in [2.75, 3.05) is 13.2 Å². The molecule has 50 heavy (non-hydrogen) atoms. The van der Waals surface area contributed by atoms with E-state index in [1.54, 1.807) is 0 Å². The molecule has 0 heterocycles. The van der Waals surface area contributed by atoms with E-state index >= 15 is 0 Å². The topological polar surface area (TPSA) is 71.1 Å². The average Bonchev–Trinajstić information content (AvgIpc) is 3.04. The molecule has 0 amide bonds. The van der Waals surface area contributed by atoms with Gasteiger partial charge in [0.15, 0.2) is 0 Å². The molecule has 0 radical (unpaired) electrons. The highest BCUT2D eigenvalue weighted by atomic mass is 16.6. The number of rotatable bonds is 24. The van der Waals surface area contributed by atoms with Gasteiger partial charge in [0.25, 0.3) is 0 Å². The van der Waals surface area contributed by atoms with Gasteiger partial charge in [-0.3, -0.25) is 9.59 Å². The van der Waals surface area contributed by atoms with E-state index in [1.807, 2.05) is 41.5 Å². The van der Waals surface area contributed by atoms with Crippen LogP contribution in [0.2, 0.25) is 0 Å². The third kappa shape index (κ3) is 16.2. The van der Waals surface area contributed by atoms with E-state index in [1.165, 1.54) is 51.4 Å². The third-order valence-corrected chi connectivity index (χ3v) is 8.72. The largest absolute Gasteiger partial charge is 0.492 e. The number of hydrogen-bond acceptors (Lipinski definition) is 6. The number of hydrogen-bond donors (Lipinski definition) is 0. The molecule has 3 rings (SSSR count). The number of fused-ring (bicyclic) bond motifs is 2. The first kappa shape index (κ1) is 41.1. The van der Waals surface area contributed by atoms with Crippen LogP contribution in [0, 0.1) is 0 Å². The lowest BCUT2D eigenvalue weighted by molar-refractivity contribution is -0.156. The summed E-state index contributed by atoms with van der Waals surface area (Å²) in [5, 5.41) is 4.44. The predicted octanol–water partition coefficient (Wildman–Crippen LogP) is 12.5. The Morgan fingerprint density at radius 1 is 0.420 bits per heavy atom. The van der Waals surface area contributed by atoms with Gasteiger partial charge in [-0.2, -0.15) is 0 Å². The van der Waals surface area contributed by atoms with Crippen molar-refractivity contribution in [2.24, 2.45) is 0 Å². The maximum atomic E-state index is 11.9. The van der Waals surface area contributed by atoms with Crippen LogP contribution in [0.3, 0.4) is 0 Å². The Morgan fingerprint density at radius 2 is 0.680 bits per heavy atom. The summed E-state index contributed by atoms with van der Waals surface area (Å²) in [6.45, 7) is 12.9. The van der Waals surface area contributed by atoms with Crippen LogP contribution in [0.15, 0.2) is 48.5 Å². The molecule has 0 saturated carbocycles. The van der Waals surface area contributed by atoms with E-state index in [0.29, 0.717) is 26.1 Å². The van der Waals surface area contributed by atoms with Gasteiger partial charge >= 0.3 is 11.9 Å². The van der Waals surface area contributed by atoms with Crippen molar-refractivity contribution in [2.45, 2.75) is 168 Å². The van der Waals surface area contributed by atoms with Crippen LogP contribution in [-0.4, -0.2) is 36.4 Å². The zero-order chi connectivity index (χ0) is 36.2. The number of carbonyl (C=O) groups is 2. The molecule has 6 nitrogen and oxygen atoms in total. The molecule has 278 valence electrons. The van der Waals surface area contributed by atoms with Crippen molar-refractivity contribution in [1.29, 1.82) is 0 Å². The Balaban J connectivity index is 1.35. The van der Waals surface area contributed by atoms with Crippen LogP contribution in [0.4, 0.5) is 0 Å². The molecule has 0 unspecified atom stereocenters. The monoisotopic (exact) mass is 690 g/mol. The number of unbranched alkanes of at least 4 members (excludes halogenated alkanes) is 14. The van der Waals surface area contributed by atoms with E-state index in [4.69, 9.17) is 18.9 Å². The molecule has 0 aliphatic rings. The minimum atomic E-state index is -0.394. The highest BCUT2D eigenvalue weighted by Gasteiger charge is 2.17. The van der Waals surface area contributed by atoms with E-state index in [2.05, 4.69) is 48.5 Å². The Labute approximate surface area is 303 Å². The van der Waals surface area contributed by atoms with Crippen molar-refractivity contribution in [3.05, 3.63) is 48.5 Å². The SMILES string of the molecule is CC(C)(C)OC(=O)CCCCCCCCCCOc1c2ccccc2c(OCCCCCCCCCCC(=O)OC(C)(C)C)c2ccccc12. The first-order valence-electron chi connectivity index (χ1n) is 19.6. The second kappa shape index (κ2) is 21.8. The molecule has 3 aromatic carbocycles. The highest BCUT2D eigenvalue weighted by Crippen LogP contribution is 2.42. The summed E-state index contributed by atoms with van der Waals surface area (Å²) in [4.78, 5) is 23.7. The molecule has 0 bridgehead atoms. The second-order valence-electron chi connectivity index (χ2n) is 15.8. The van der Waals surface area contributed by atoms with Gasteiger partial charge in [-0.15, -0.1) is 0 Å². The van der Waals surface area contributed by atoms with Gasteiger partial charge in [0.2, 0.25) is 0 Å². The Bertz CT molecular complexity index is 1270. The molecular formula is C44H66O6. The van der Waals surface area contributed by atoms with Crippen LogP contribution in [0.1, 0.15) is 157 Å². The highest BCUT2D eigenvalue weighted by molar-refractivity contribution is 6.11. The number of benzene rings is 3. The fraction of sp³-hybridized carbons (Fsp3) is 0.636. The van der Waals surface area contributed by atoms with Crippen molar-refractivity contribution < 1.29 is 28.5 Å². The Morgan fingerprint density at radius 3 is 0.960 bits per heavy atom. The molecule has 3 aromatic rings. The van der Waals surface area contributed by atoms with Gasteiger partial charge in [0.05, 0.1) is 13.2 Å². The van der Waals surface area contributed by atoms with Crippen LogP contribution in [0.5, 0.6) is 11.5 Å². The summed E-state index contributed by atoms with van der Waals surface area (Å²) in [7, 11) is 0. The zero-order valence-electron chi connectivity index (χ0n) is 32.2. The lowest BCUT2D eigenvalue weighted by Gasteiger charge is -2.19. The van der Waals surface area contributed by atoms with E-state index in [0.717, 1.165) is 84.4 Å². The fourth-order valence-electron chi connectivity index (χ4n) is 6.36. The molecule has 0 atom stereocenters. The molecule has 6 heteroatoms. The lowest BCUT2D eigenvalue weighted by Crippen LogP contribution is -2.23. The lowest BCUT2D eigenvalue weighted by atomic mass is 10.0. The second-order valence-corrected chi connectivity index (χ2v) is 15.8. The molecule has 0 N–H and O–H groups in total. The van der Waals surface area contributed by atoms with Crippen LogP contribution in [0.25, 0.3) is 21.5 Å². The van der Waals surface area contributed by atoms with Gasteiger partial charge in [-0.25, -0.2) is 0 Å². The van der Waals surface area contributed by atoms with Gasteiger partial charge in [-0.05, 0) is 67.2 Å². The summed E-state index contributed by atoms with van der Waals surface area (Å²) >= 11 is 0. The molecule has 0 aromatic heterocycles. The first-order valence-corrected chi connectivity index (χ1v) is 19.6. The summed E-state index contributed by atoms with van der Waals surface area (Å²) in [6, 6.07) is 16.9. The standard InChI is InChI=1S/C44H66O6/c1-43(2,3)49-39(45)31-19-15-11-7-9-13-17-25-33-47-41-35-27-21-23-29-37(35)42(38-30-24-22-28-36(38)41)48-34-26-18-14-10-8-12-16-20-32-40(46)50-44(4,5)6/h21-24,27-30H,7-20,25-26,31-34H2,1-6H3. The maximum Gasteiger partial charge on any atom is 0.306 e. The normalized spacial score (nSPS) is 12.0. The van der Waals surface area contributed by atoms with Gasteiger partial charge < -0.3 is 18.9 Å². The quantitative estimate of drug-likeness (QED) is 0.0529. The molecule has 0 saturated heterocycles. The van der Waals surface area contributed by atoms with E-state index in [9.17, 15) is 9.59 Å². The zero-order valence-corrected chi connectivity index (χ0v) is 32.2. The molecule has 0 fully saturated rings. The number of esters is 2. The maximum absolute atomic E-state index is 11.9. The minimum absolute atomic E-state index is 0.0834. The molecule has 0 spiro atoms. The fourth-order valence-corrected chi connectivity index (χ4v) is 6.36. The van der Waals surface area contributed by atoms with Gasteiger partial charge in [-0.1, -0.05) is 126 Å². The summed E-state index contributed by atoms with van der Waals surface area (Å²) in [5.41, 5.74) is -0.788. The summed E-state index contributed by atoms with van der Waals surface area (Å²) < 4.78 is 23.8. The van der Waals surface area contributed by atoms with Crippen molar-refractivity contribution >= 4 is 33.5 Å². The third-order valence-electron chi connectivity index (χ3n) is 8.72. The number of carbonyl (C=O) groups excluding carboxylic acids is 2. The van der Waals surface area contributed by atoms with Crippen LogP contribution in [-0.2, 0) is 19.1 Å². The molecule has 0 aliphatic heterocycles. The van der Waals surface area contributed by atoms with E-state index in [-0.39, 0.29) is 11.9 Å². The van der Waals surface area contributed by atoms with Gasteiger partial charge in [0, 0.05) is 34.4 Å². The van der Waals surface area contributed by atoms with Crippen molar-refractivity contribution in [3.8, 4) is 11.5 Å². The van der Waals surface area contributed by atoms with Crippen molar-refractivity contribution in [3.63, 3.8) is 0 Å². The molecular weight excluding hydrogens is 624 g/mol.